The molecule has 1 aromatic heterocycles. The molecule has 1 aromatic carbocycles. The van der Waals surface area contributed by atoms with E-state index in [4.69, 9.17) is 0 Å². The summed E-state index contributed by atoms with van der Waals surface area (Å²) in [5, 5.41) is 1.75. The third-order valence-electron chi connectivity index (χ3n) is 2.28. The predicted octanol–water partition coefficient (Wildman–Crippen LogP) is 3.34. The van der Waals surface area contributed by atoms with E-state index in [0.29, 0.717) is 9.90 Å². The van der Waals surface area contributed by atoms with Crippen LogP contribution in [0.15, 0.2) is 50.5 Å². The summed E-state index contributed by atoms with van der Waals surface area (Å²) in [6.07, 6.45) is 0. The molecule has 0 aliphatic rings. The molecule has 0 N–H and O–H groups in total. The van der Waals surface area contributed by atoms with E-state index >= 15 is 0 Å². The zero-order chi connectivity index (χ0) is 12.5. The van der Waals surface area contributed by atoms with E-state index in [1.165, 1.54) is 15.6 Å². The molecule has 0 fully saturated rings. The molecular formula is C11H10BrNO2S2. The maximum absolute atomic E-state index is 12.2. The molecule has 0 bridgehead atoms. The monoisotopic (exact) mass is 331 g/mol. The van der Waals surface area contributed by atoms with Crippen LogP contribution < -0.4 is 4.31 Å². The Morgan fingerprint density at radius 1 is 1.24 bits per heavy atom. The Hall–Kier alpha value is -0.850. The summed E-state index contributed by atoms with van der Waals surface area (Å²) in [6.45, 7) is 0. The quantitative estimate of drug-likeness (QED) is 0.865. The maximum atomic E-state index is 12.2. The minimum absolute atomic E-state index is 0.347. The van der Waals surface area contributed by atoms with Gasteiger partial charge in [-0.15, -0.1) is 11.3 Å². The minimum atomic E-state index is -3.43. The van der Waals surface area contributed by atoms with E-state index < -0.39 is 10.0 Å². The van der Waals surface area contributed by atoms with Crippen molar-refractivity contribution in [1.82, 2.24) is 0 Å². The van der Waals surface area contributed by atoms with Gasteiger partial charge in [-0.1, -0.05) is 28.1 Å². The predicted molar refractivity (Wildman–Crippen MR) is 74.0 cm³/mol. The van der Waals surface area contributed by atoms with Crippen LogP contribution in [0.5, 0.6) is 0 Å². The van der Waals surface area contributed by atoms with Gasteiger partial charge in [0.15, 0.2) is 0 Å². The van der Waals surface area contributed by atoms with E-state index in [1.807, 2.05) is 6.07 Å². The largest absolute Gasteiger partial charge is 0.273 e. The van der Waals surface area contributed by atoms with Gasteiger partial charge in [0.05, 0.1) is 5.69 Å². The number of halogens is 1. The average Bonchev–Trinajstić information content (AvgIpc) is 2.82. The second-order valence-electron chi connectivity index (χ2n) is 3.38. The number of nitrogens with zero attached hydrogens (tertiary/aromatic N) is 1. The zero-order valence-electron chi connectivity index (χ0n) is 9.00. The van der Waals surface area contributed by atoms with Gasteiger partial charge in [-0.05, 0) is 29.6 Å². The van der Waals surface area contributed by atoms with Gasteiger partial charge in [-0.25, -0.2) is 8.42 Å². The van der Waals surface area contributed by atoms with Gasteiger partial charge in [0, 0.05) is 11.5 Å². The lowest BCUT2D eigenvalue weighted by molar-refractivity contribution is 0.596. The third-order valence-corrected chi connectivity index (χ3v) is 5.93. The summed E-state index contributed by atoms with van der Waals surface area (Å²) in [5.74, 6) is 0. The van der Waals surface area contributed by atoms with Crippen LogP contribution in [0.25, 0.3) is 0 Å². The highest BCUT2D eigenvalue weighted by atomic mass is 79.9. The van der Waals surface area contributed by atoms with Crippen molar-refractivity contribution in [3.8, 4) is 0 Å². The number of benzene rings is 1. The first-order valence-corrected chi connectivity index (χ1v) is 7.91. The van der Waals surface area contributed by atoms with Crippen molar-refractivity contribution < 1.29 is 8.42 Å². The fourth-order valence-electron chi connectivity index (χ4n) is 1.36. The zero-order valence-corrected chi connectivity index (χ0v) is 12.2. The first kappa shape index (κ1) is 12.6. The Kier molecular flexibility index (Phi) is 3.56. The fraction of sp³-hybridized carbons (Fsp3) is 0.0909. The second kappa shape index (κ2) is 4.80. The highest BCUT2D eigenvalue weighted by Crippen LogP contribution is 2.26. The molecule has 0 saturated carbocycles. The van der Waals surface area contributed by atoms with E-state index in [2.05, 4.69) is 15.9 Å². The van der Waals surface area contributed by atoms with Crippen molar-refractivity contribution in [1.29, 1.82) is 0 Å². The van der Waals surface area contributed by atoms with Gasteiger partial charge >= 0.3 is 0 Å². The molecule has 0 aliphatic carbocycles. The van der Waals surface area contributed by atoms with E-state index in [-0.39, 0.29) is 0 Å². The molecule has 0 radical (unpaired) electrons. The second-order valence-corrected chi connectivity index (χ2v) is 7.44. The lowest BCUT2D eigenvalue weighted by Crippen LogP contribution is -2.25. The number of anilines is 1. The molecule has 0 spiro atoms. The standard InChI is InChI=1S/C11H10BrNO2S2/c1-13(10-5-2-4-9(12)8-10)17(14,15)11-6-3-7-16-11/h2-8H,1H3. The molecule has 1 heterocycles. The van der Waals surface area contributed by atoms with Gasteiger partial charge in [0.25, 0.3) is 10.0 Å². The number of thiophene rings is 1. The first-order valence-electron chi connectivity index (χ1n) is 4.80. The Morgan fingerprint density at radius 3 is 2.59 bits per heavy atom. The molecule has 0 atom stereocenters. The minimum Gasteiger partial charge on any atom is -0.269 e. The Balaban J connectivity index is 2.42. The average molecular weight is 332 g/mol. The van der Waals surface area contributed by atoms with Crippen LogP contribution in [-0.4, -0.2) is 15.5 Å². The number of sulfonamides is 1. The van der Waals surface area contributed by atoms with Crippen LogP contribution in [-0.2, 0) is 10.0 Å². The van der Waals surface area contributed by atoms with Crippen LogP contribution >= 0.6 is 27.3 Å². The molecule has 0 unspecified atom stereocenters. The van der Waals surface area contributed by atoms with Crippen molar-refractivity contribution in [2.75, 3.05) is 11.4 Å². The lowest BCUT2D eigenvalue weighted by Gasteiger charge is -2.18. The van der Waals surface area contributed by atoms with Crippen LogP contribution in [0, 0.1) is 0 Å². The third kappa shape index (κ3) is 2.53. The molecular weight excluding hydrogens is 322 g/mol. The van der Waals surface area contributed by atoms with E-state index in [0.717, 1.165) is 4.47 Å². The number of hydrogen-bond donors (Lipinski definition) is 0. The molecule has 2 rings (SSSR count). The van der Waals surface area contributed by atoms with Crippen LogP contribution in [0.2, 0.25) is 0 Å². The van der Waals surface area contributed by atoms with Crippen molar-refractivity contribution >= 4 is 43.0 Å². The molecule has 17 heavy (non-hydrogen) atoms. The molecule has 0 amide bonds. The molecule has 0 saturated heterocycles. The van der Waals surface area contributed by atoms with Gasteiger partial charge in [-0.2, -0.15) is 0 Å². The number of rotatable bonds is 3. The van der Waals surface area contributed by atoms with Crippen LogP contribution in [0.1, 0.15) is 0 Å². The van der Waals surface area contributed by atoms with Gasteiger partial charge in [0.1, 0.15) is 4.21 Å². The Morgan fingerprint density at radius 2 is 2.00 bits per heavy atom. The topological polar surface area (TPSA) is 37.4 Å². The highest BCUT2D eigenvalue weighted by Gasteiger charge is 2.22. The fourth-order valence-corrected chi connectivity index (χ4v) is 4.09. The number of hydrogen-bond acceptors (Lipinski definition) is 3. The van der Waals surface area contributed by atoms with Crippen molar-refractivity contribution in [3.05, 3.63) is 46.3 Å². The van der Waals surface area contributed by atoms with Gasteiger partial charge in [0.2, 0.25) is 0 Å². The molecule has 2 aromatic rings. The van der Waals surface area contributed by atoms with Crippen LogP contribution in [0.3, 0.4) is 0 Å². The first-order chi connectivity index (χ1) is 8.01. The molecule has 0 aliphatic heterocycles. The normalized spacial score (nSPS) is 11.4. The summed E-state index contributed by atoms with van der Waals surface area (Å²) in [4.78, 5) is 0. The van der Waals surface area contributed by atoms with Crippen molar-refractivity contribution in [3.63, 3.8) is 0 Å². The van der Waals surface area contributed by atoms with Gasteiger partial charge < -0.3 is 0 Å². The molecule has 90 valence electrons. The maximum Gasteiger partial charge on any atom is 0.273 e. The molecule has 3 nitrogen and oxygen atoms in total. The summed E-state index contributed by atoms with van der Waals surface area (Å²) < 4.78 is 26.9. The summed E-state index contributed by atoms with van der Waals surface area (Å²) in [7, 11) is -1.88. The van der Waals surface area contributed by atoms with E-state index in [1.54, 1.807) is 42.8 Å². The summed E-state index contributed by atoms with van der Waals surface area (Å²) in [5.41, 5.74) is 0.632. The van der Waals surface area contributed by atoms with Crippen molar-refractivity contribution in [2.24, 2.45) is 0 Å². The Bertz CT molecular complexity index is 608. The van der Waals surface area contributed by atoms with Gasteiger partial charge in [-0.3, -0.25) is 4.31 Å². The summed E-state index contributed by atoms with van der Waals surface area (Å²) >= 11 is 4.54. The van der Waals surface area contributed by atoms with Crippen molar-refractivity contribution in [2.45, 2.75) is 4.21 Å². The lowest BCUT2D eigenvalue weighted by atomic mass is 10.3. The SMILES string of the molecule is CN(c1cccc(Br)c1)S(=O)(=O)c1cccs1. The molecule has 6 heteroatoms. The van der Waals surface area contributed by atoms with E-state index in [9.17, 15) is 8.42 Å². The van der Waals surface area contributed by atoms with Crippen LogP contribution in [0.4, 0.5) is 5.69 Å². The smallest absolute Gasteiger partial charge is 0.269 e. The highest BCUT2D eigenvalue weighted by molar-refractivity contribution is 9.10. The summed E-state index contributed by atoms with van der Waals surface area (Å²) in [6, 6.07) is 10.5. The Labute approximate surface area is 113 Å².